The van der Waals surface area contributed by atoms with Crippen molar-refractivity contribution in [3.8, 4) is 6.07 Å². The smallest absolute Gasteiger partial charge is 0.0635 e. The molecule has 0 aliphatic rings. The summed E-state index contributed by atoms with van der Waals surface area (Å²) in [6.45, 7) is 4.28. The van der Waals surface area contributed by atoms with Gasteiger partial charge >= 0.3 is 0 Å². The summed E-state index contributed by atoms with van der Waals surface area (Å²) in [5.41, 5.74) is 0. The molecule has 0 aromatic heterocycles. The predicted octanol–water partition coefficient (Wildman–Crippen LogP) is 2.41. The van der Waals surface area contributed by atoms with Gasteiger partial charge in [-0.15, -0.1) is 0 Å². The van der Waals surface area contributed by atoms with Gasteiger partial charge in [-0.1, -0.05) is 26.2 Å². The molecule has 0 amide bonds. The van der Waals surface area contributed by atoms with Gasteiger partial charge in [-0.2, -0.15) is 5.26 Å². The standard InChI is InChI=1S/C10H20N2/c1-3-4-5-6-9-12(2)10-7-8-11/h3-7,9-10H2,1-2H3. The van der Waals surface area contributed by atoms with E-state index in [4.69, 9.17) is 5.26 Å². The largest absolute Gasteiger partial charge is 0.305 e. The van der Waals surface area contributed by atoms with Gasteiger partial charge in [0.25, 0.3) is 0 Å². The summed E-state index contributed by atoms with van der Waals surface area (Å²) in [5.74, 6) is 0. The quantitative estimate of drug-likeness (QED) is 0.546. The number of nitrogens with zero attached hydrogens (tertiary/aromatic N) is 2. The minimum Gasteiger partial charge on any atom is -0.305 e. The Hall–Kier alpha value is -0.550. The van der Waals surface area contributed by atoms with Crippen LogP contribution >= 0.6 is 0 Å². The highest BCUT2D eigenvalue weighted by Crippen LogP contribution is 2.00. The van der Waals surface area contributed by atoms with Crippen LogP contribution in [0.3, 0.4) is 0 Å². The fourth-order valence-corrected chi connectivity index (χ4v) is 1.16. The van der Waals surface area contributed by atoms with Crippen LogP contribution in [0.1, 0.15) is 39.0 Å². The SMILES string of the molecule is CCCCCCN(C)CCC#N. The Bertz CT molecular complexity index is 126. The molecule has 0 aromatic rings. The highest BCUT2D eigenvalue weighted by Gasteiger charge is 1.96. The molecule has 0 radical (unpaired) electrons. The maximum atomic E-state index is 8.35. The number of unbranched alkanes of at least 4 members (excludes halogenated alkanes) is 3. The average molecular weight is 168 g/mol. The Morgan fingerprint density at radius 3 is 2.50 bits per heavy atom. The van der Waals surface area contributed by atoms with Gasteiger partial charge in [0.05, 0.1) is 6.07 Å². The van der Waals surface area contributed by atoms with Crippen molar-refractivity contribution in [3.05, 3.63) is 0 Å². The van der Waals surface area contributed by atoms with Crippen LogP contribution in [0.5, 0.6) is 0 Å². The van der Waals surface area contributed by atoms with Crippen LogP contribution in [-0.4, -0.2) is 25.0 Å². The maximum absolute atomic E-state index is 8.35. The van der Waals surface area contributed by atoms with Gasteiger partial charge in [-0.3, -0.25) is 0 Å². The van der Waals surface area contributed by atoms with E-state index in [1.165, 1.54) is 25.7 Å². The molecule has 0 unspecified atom stereocenters. The van der Waals surface area contributed by atoms with Crippen LogP contribution in [0.2, 0.25) is 0 Å². The van der Waals surface area contributed by atoms with Gasteiger partial charge in [0.1, 0.15) is 0 Å². The molecule has 0 rings (SSSR count). The molecule has 0 heterocycles. The molecule has 0 aromatic carbocycles. The van der Waals surface area contributed by atoms with Crippen molar-refractivity contribution < 1.29 is 0 Å². The molecule has 12 heavy (non-hydrogen) atoms. The molecule has 2 heteroatoms. The Kier molecular flexibility index (Phi) is 8.15. The van der Waals surface area contributed by atoms with Crippen molar-refractivity contribution in [2.45, 2.75) is 39.0 Å². The van der Waals surface area contributed by atoms with E-state index in [1.54, 1.807) is 0 Å². The lowest BCUT2D eigenvalue weighted by atomic mass is 10.2. The summed E-state index contributed by atoms with van der Waals surface area (Å²) in [6, 6.07) is 2.16. The van der Waals surface area contributed by atoms with E-state index in [2.05, 4.69) is 24.9 Å². The molecule has 0 fully saturated rings. The van der Waals surface area contributed by atoms with E-state index in [-0.39, 0.29) is 0 Å². The third-order valence-corrected chi connectivity index (χ3v) is 2.00. The monoisotopic (exact) mass is 168 g/mol. The zero-order valence-corrected chi connectivity index (χ0v) is 8.34. The van der Waals surface area contributed by atoms with Gasteiger partial charge in [0, 0.05) is 13.0 Å². The fraction of sp³-hybridized carbons (Fsp3) is 0.900. The molecule has 0 saturated heterocycles. The summed E-state index contributed by atoms with van der Waals surface area (Å²) < 4.78 is 0. The third-order valence-electron chi connectivity index (χ3n) is 2.00. The topological polar surface area (TPSA) is 27.0 Å². The van der Waals surface area contributed by atoms with Gasteiger partial charge in [-0.25, -0.2) is 0 Å². The van der Waals surface area contributed by atoms with Crippen molar-refractivity contribution in [2.75, 3.05) is 20.1 Å². The highest BCUT2D eigenvalue weighted by molar-refractivity contribution is 4.70. The van der Waals surface area contributed by atoms with E-state index >= 15 is 0 Å². The predicted molar refractivity (Wildman–Crippen MR) is 51.9 cm³/mol. The van der Waals surface area contributed by atoms with Crippen LogP contribution < -0.4 is 0 Å². The van der Waals surface area contributed by atoms with Crippen molar-refractivity contribution in [1.82, 2.24) is 4.90 Å². The summed E-state index contributed by atoms with van der Waals surface area (Å²) >= 11 is 0. The second kappa shape index (κ2) is 8.55. The van der Waals surface area contributed by atoms with Crippen molar-refractivity contribution >= 4 is 0 Å². The van der Waals surface area contributed by atoms with Gasteiger partial charge in [0.15, 0.2) is 0 Å². The molecule has 70 valence electrons. The molecule has 0 bridgehead atoms. The minimum atomic E-state index is 0.657. The van der Waals surface area contributed by atoms with E-state index in [0.717, 1.165) is 13.1 Å². The Balaban J connectivity index is 3.09. The van der Waals surface area contributed by atoms with Gasteiger partial charge < -0.3 is 4.90 Å². The number of rotatable bonds is 7. The first kappa shape index (κ1) is 11.4. The first-order valence-corrected chi connectivity index (χ1v) is 4.86. The lowest BCUT2D eigenvalue weighted by Crippen LogP contribution is -2.20. The summed E-state index contributed by atoms with van der Waals surface area (Å²) in [6.07, 6.45) is 5.89. The first-order valence-electron chi connectivity index (χ1n) is 4.86. The highest BCUT2D eigenvalue weighted by atomic mass is 15.1. The molecular formula is C10H20N2. The van der Waals surface area contributed by atoms with Crippen LogP contribution in [0, 0.1) is 11.3 Å². The third kappa shape index (κ3) is 7.56. The number of hydrogen-bond acceptors (Lipinski definition) is 2. The van der Waals surface area contributed by atoms with Crippen molar-refractivity contribution in [1.29, 1.82) is 5.26 Å². The molecular weight excluding hydrogens is 148 g/mol. The molecule has 0 saturated carbocycles. The maximum Gasteiger partial charge on any atom is 0.0635 e. The lowest BCUT2D eigenvalue weighted by Gasteiger charge is -2.13. The molecule has 0 aliphatic carbocycles. The first-order chi connectivity index (χ1) is 5.81. The van der Waals surface area contributed by atoms with Crippen LogP contribution in [0.15, 0.2) is 0 Å². The second-order valence-electron chi connectivity index (χ2n) is 3.27. The van der Waals surface area contributed by atoms with Crippen LogP contribution in [0.25, 0.3) is 0 Å². The fourth-order valence-electron chi connectivity index (χ4n) is 1.16. The van der Waals surface area contributed by atoms with Crippen molar-refractivity contribution in [3.63, 3.8) is 0 Å². The lowest BCUT2D eigenvalue weighted by molar-refractivity contribution is 0.331. The van der Waals surface area contributed by atoms with Crippen LogP contribution in [0.4, 0.5) is 0 Å². The molecule has 0 aliphatic heterocycles. The second-order valence-corrected chi connectivity index (χ2v) is 3.27. The molecule has 2 nitrogen and oxygen atoms in total. The van der Waals surface area contributed by atoms with Gasteiger partial charge in [0.2, 0.25) is 0 Å². The van der Waals surface area contributed by atoms with Crippen LogP contribution in [-0.2, 0) is 0 Å². The molecule has 0 atom stereocenters. The number of nitriles is 1. The Labute approximate surface area is 76.2 Å². The summed E-state index contributed by atoms with van der Waals surface area (Å²) in [7, 11) is 2.09. The molecule has 0 spiro atoms. The summed E-state index contributed by atoms with van der Waals surface area (Å²) in [4.78, 5) is 2.24. The Morgan fingerprint density at radius 1 is 1.17 bits per heavy atom. The van der Waals surface area contributed by atoms with Crippen molar-refractivity contribution in [2.24, 2.45) is 0 Å². The van der Waals surface area contributed by atoms with E-state index < -0.39 is 0 Å². The average Bonchev–Trinajstić information content (AvgIpc) is 2.09. The zero-order valence-electron chi connectivity index (χ0n) is 8.34. The zero-order chi connectivity index (χ0) is 9.23. The minimum absolute atomic E-state index is 0.657. The van der Waals surface area contributed by atoms with Gasteiger partial charge in [-0.05, 0) is 20.0 Å². The van der Waals surface area contributed by atoms with E-state index in [0.29, 0.717) is 6.42 Å². The van der Waals surface area contributed by atoms with E-state index in [9.17, 15) is 0 Å². The Morgan fingerprint density at radius 2 is 1.92 bits per heavy atom. The number of hydrogen-bond donors (Lipinski definition) is 0. The molecule has 0 N–H and O–H groups in total. The van der Waals surface area contributed by atoms with E-state index in [1.807, 2.05) is 0 Å². The normalized spacial score (nSPS) is 10.2. The summed E-state index contributed by atoms with van der Waals surface area (Å²) in [5, 5.41) is 8.35.